The number of carbonyl (C=O) groups is 1. The van der Waals surface area contributed by atoms with E-state index in [1.807, 2.05) is 43.5 Å². The van der Waals surface area contributed by atoms with Crippen LogP contribution in [0.5, 0.6) is 0 Å². The zero-order chi connectivity index (χ0) is 19.0. The predicted octanol–water partition coefficient (Wildman–Crippen LogP) is 3.20. The van der Waals surface area contributed by atoms with E-state index < -0.39 is 10.0 Å². The van der Waals surface area contributed by atoms with Crippen LogP contribution in [-0.2, 0) is 10.0 Å². The van der Waals surface area contributed by atoms with Crippen LogP contribution >= 0.6 is 0 Å². The Labute approximate surface area is 158 Å². The molecule has 0 bridgehead atoms. The summed E-state index contributed by atoms with van der Waals surface area (Å²) in [5, 5.41) is 4.00. The van der Waals surface area contributed by atoms with Gasteiger partial charge in [0.25, 0.3) is 5.91 Å². The van der Waals surface area contributed by atoms with Crippen molar-refractivity contribution in [2.24, 2.45) is 0 Å². The molecule has 1 atom stereocenters. The lowest BCUT2D eigenvalue weighted by atomic mass is 10.1. The first-order chi connectivity index (χ1) is 13.0. The van der Waals surface area contributed by atoms with Crippen molar-refractivity contribution in [3.8, 4) is 0 Å². The summed E-state index contributed by atoms with van der Waals surface area (Å²) in [5.41, 5.74) is 3.01. The molecule has 0 saturated carbocycles. The van der Waals surface area contributed by atoms with Gasteiger partial charge in [-0.15, -0.1) is 0 Å². The van der Waals surface area contributed by atoms with E-state index in [-0.39, 0.29) is 17.7 Å². The first-order valence-electron chi connectivity index (χ1n) is 8.93. The highest BCUT2D eigenvalue weighted by Gasteiger charge is 2.28. The summed E-state index contributed by atoms with van der Waals surface area (Å²) < 4.78 is 25.5. The Morgan fingerprint density at radius 2 is 1.93 bits per heavy atom. The van der Waals surface area contributed by atoms with Crippen LogP contribution in [0.3, 0.4) is 0 Å². The normalized spacial score (nSPS) is 17.1. The van der Waals surface area contributed by atoms with Crippen LogP contribution in [0.2, 0.25) is 0 Å². The Morgan fingerprint density at radius 1 is 1.15 bits per heavy atom. The maximum atomic E-state index is 12.7. The van der Waals surface area contributed by atoms with Crippen LogP contribution in [-0.4, -0.2) is 31.6 Å². The van der Waals surface area contributed by atoms with E-state index in [1.165, 1.54) is 4.31 Å². The fourth-order valence-electron chi connectivity index (χ4n) is 3.49. The van der Waals surface area contributed by atoms with Crippen LogP contribution in [0.1, 0.15) is 35.3 Å². The second-order valence-electron chi connectivity index (χ2n) is 6.78. The van der Waals surface area contributed by atoms with E-state index in [1.54, 1.807) is 18.2 Å². The molecule has 2 N–H and O–H groups in total. The number of hydrogen-bond acceptors (Lipinski definition) is 3. The van der Waals surface area contributed by atoms with Crippen LogP contribution < -0.4 is 9.62 Å². The van der Waals surface area contributed by atoms with Crippen molar-refractivity contribution in [2.75, 3.05) is 16.6 Å². The summed E-state index contributed by atoms with van der Waals surface area (Å²) in [5.74, 6) is 0.0487. The Kier molecular flexibility index (Phi) is 4.39. The summed E-state index contributed by atoms with van der Waals surface area (Å²) in [6, 6.07) is 14.7. The minimum absolute atomic E-state index is 0.151. The van der Waals surface area contributed by atoms with Crippen LogP contribution in [0.15, 0.2) is 54.7 Å². The first-order valence-corrected chi connectivity index (χ1v) is 10.5. The Balaban J connectivity index is 1.51. The second-order valence-corrected chi connectivity index (χ2v) is 8.79. The average molecular weight is 383 g/mol. The van der Waals surface area contributed by atoms with E-state index >= 15 is 0 Å². The van der Waals surface area contributed by atoms with E-state index in [0.717, 1.165) is 16.5 Å². The molecule has 2 aromatic carbocycles. The maximum Gasteiger partial charge on any atom is 0.253 e. The Bertz CT molecular complexity index is 1090. The molecular formula is C20H21N3O3S. The van der Waals surface area contributed by atoms with Gasteiger partial charge in [0.1, 0.15) is 0 Å². The number of fused-ring (bicyclic) bond motifs is 1. The van der Waals surface area contributed by atoms with Gasteiger partial charge in [-0.05, 0) is 43.2 Å². The van der Waals surface area contributed by atoms with E-state index in [0.29, 0.717) is 24.2 Å². The summed E-state index contributed by atoms with van der Waals surface area (Å²) >= 11 is 0. The number of H-pyrrole nitrogens is 1. The number of aromatic nitrogens is 1. The molecule has 3 aromatic rings. The summed E-state index contributed by atoms with van der Waals surface area (Å²) in [6.45, 7) is 2.43. The highest BCUT2D eigenvalue weighted by molar-refractivity contribution is 7.93. The zero-order valence-corrected chi connectivity index (χ0v) is 15.8. The molecule has 1 saturated heterocycles. The smallest absolute Gasteiger partial charge is 0.253 e. The molecule has 7 heteroatoms. The van der Waals surface area contributed by atoms with Crippen molar-refractivity contribution in [1.29, 1.82) is 0 Å². The van der Waals surface area contributed by atoms with Gasteiger partial charge in [0.15, 0.2) is 0 Å². The summed E-state index contributed by atoms with van der Waals surface area (Å²) in [4.78, 5) is 15.8. The number of carbonyl (C=O) groups excluding carboxylic acids is 1. The number of aromatic amines is 1. The van der Waals surface area contributed by atoms with E-state index in [4.69, 9.17) is 0 Å². The van der Waals surface area contributed by atoms with Crippen molar-refractivity contribution >= 4 is 32.5 Å². The molecule has 1 fully saturated rings. The zero-order valence-electron chi connectivity index (χ0n) is 15.0. The molecule has 1 unspecified atom stereocenters. The summed E-state index contributed by atoms with van der Waals surface area (Å²) in [6.07, 6.45) is 2.47. The SMILES string of the molecule is CC(NC(=O)c1cccc2cc[nH]c12)c1ccc(N2CCCS2(=O)=O)cc1. The van der Waals surface area contributed by atoms with Gasteiger partial charge in [0.2, 0.25) is 10.0 Å². The lowest BCUT2D eigenvalue weighted by molar-refractivity contribution is 0.0941. The first kappa shape index (κ1) is 17.6. The molecule has 2 heterocycles. The van der Waals surface area contributed by atoms with Crippen molar-refractivity contribution in [2.45, 2.75) is 19.4 Å². The molecule has 0 radical (unpaired) electrons. The Morgan fingerprint density at radius 3 is 2.63 bits per heavy atom. The van der Waals surface area contributed by atoms with Crippen LogP contribution in [0.25, 0.3) is 10.9 Å². The number of rotatable bonds is 4. The number of sulfonamides is 1. The number of anilines is 1. The fourth-order valence-corrected chi connectivity index (χ4v) is 5.06. The maximum absolute atomic E-state index is 12.7. The van der Waals surface area contributed by atoms with Crippen molar-refractivity contribution in [3.05, 3.63) is 65.9 Å². The van der Waals surface area contributed by atoms with Crippen molar-refractivity contribution < 1.29 is 13.2 Å². The van der Waals surface area contributed by atoms with Gasteiger partial charge in [0, 0.05) is 18.1 Å². The number of nitrogens with zero attached hydrogens (tertiary/aromatic N) is 1. The molecule has 1 aliphatic rings. The number of benzene rings is 2. The van der Waals surface area contributed by atoms with Gasteiger partial charge in [0.05, 0.1) is 28.6 Å². The van der Waals surface area contributed by atoms with Crippen LogP contribution in [0.4, 0.5) is 5.69 Å². The van der Waals surface area contributed by atoms with Crippen LogP contribution in [0, 0.1) is 0 Å². The molecule has 6 nitrogen and oxygen atoms in total. The number of hydrogen-bond donors (Lipinski definition) is 2. The minimum Gasteiger partial charge on any atom is -0.361 e. The van der Waals surface area contributed by atoms with E-state index in [2.05, 4.69) is 10.3 Å². The lowest BCUT2D eigenvalue weighted by Crippen LogP contribution is -2.27. The Hall–Kier alpha value is -2.80. The molecule has 1 aliphatic heterocycles. The molecule has 1 aromatic heterocycles. The van der Waals surface area contributed by atoms with E-state index in [9.17, 15) is 13.2 Å². The molecule has 0 spiro atoms. The van der Waals surface area contributed by atoms with Gasteiger partial charge in [-0.1, -0.05) is 24.3 Å². The number of para-hydroxylation sites is 1. The molecule has 4 rings (SSSR count). The van der Waals surface area contributed by atoms with Gasteiger partial charge >= 0.3 is 0 Å². The summed E-state index contributed by atoms with van der Waals surface area (Å²) in [7, 11) is -3.18. The number of amides is 1. The van der Waals surface area contributed by atoms with Gasteiger partial charge < -0.3 is 10.3 Å². The minimum atomic E-state index is -3.18. The third-order valence-electron chi connectivity index (χ3n) is 4.96. The molecule has 0 aliphatic carbocycles. The van der Waals surface area contributed by atoms with Gasteiger partial charge in [-0.25, -0.2) is 8.42 Å². The average Bonchev–Trinajstić information content (AvgIpc) is 3.27. The standard InChI is InChI=1S/C20H21N3O3S/c1-14(22-20(24)18-5-2-4-16-10-11-21-19(16)18)15-6-8-17(9-7-15)23-12-3-13-27(23,25)26/h2,4-11,14,21H,3,12-13H2,1H3,(H,22,24). The molecule has 27 heavy (non-hydrogen) atoms. The predicted molar refractivity (Wildman–Crippen MR) is 106 cm³/mol. The largest absolute Gasteiger partial charge is 0.361 e. The van der Waals surface area contributed by atoms with Crippen molar-refractivity contribution in [1.82, 2.24) is 10.3 Å². The third-order valence-corrected chi connectivity index (χ3v) is 6.83. The second kappa shape index (κ2) is 6.74. The topological polar surface area (TPSA) is 82.3 Å². The highest BCUT2D eigenvalue weighted by atomic mass is 32.2. The monoisotopic (exact) mass is 383 g/mol. The molecular weight excluding hydrogens is 362 g/mol. The molecule has 1 amide bonds. The van der Waals surface area contributed by atoms with Crippen molar-refractivity contribution in [3.63, 3.8) is 0 Å². The number of nitrogens with one attached hydrogen (secondary N) is 2. The third kappa shape index (κ3) is 3.30. The van der Waals surface area contributed by atoms with Gasteiger partial charge in [-0.2, -0.15) is 0 Å². The quantitative estimate of drug-likeness (QED) is 0.726. The van der Waals surface area contributed by atoms with Gasteiger partial charge in [-0.3, -0.25) is 9.10 Å². The highest BCUT2D eigenvalue weighted by Crippen LogP contribution is 2.26. The lowest BCUT2D eigenvalue weighted by Gasteiger charge is -2.19. The molecule has 140 valence electrons. The fraction of sp³-hybridized carbons (Fsp3) is 0.250.